The highest BCUT2D eigenvalue weighted by atomic mass is 16.6. The highest BCUT2D eigenvalue weighted by Crippen LogP contribution is 2.27. The van der Waals surface area contributed by atoms with E-state index < -0.39 is 11.0 Å². The molecule has 5 heteroatoms. The second-order valence-corrected chi connectivity index (χ2v) is 4.93. The van der Waals surface area contributed by atoms with Gasteiger partial charge in [-0.25, -0.2) is 0 Å². The van der Waals surface area contributed by atoms with Crippen molar-refractivity contribution in [1.82, 2.24) is 0 Å². The smallest absolute Gasteiger partial charge is 0.269 e. The van der Waals surface area contributed by atoms with E-state index >= 15 is 0 Å². The number of nitrogens with zero attached hydrogens (tertiary/aromatic N) is 1. The Balaban J connectivity index is 2.11. The number of ether oxygens (including phenoxy) is 1. The van der Waals surface area contributed by atoms with Gasteiger partial charge >= 0.3 is 0 Å². The second kappa shape index (κ2) is 6.37. The van der Waals surface area contributed by atoms with E-state index in [9.17, 15) is 15.2 Å². The molecule has 0 aliphatic carbocycles. The van der Waals surface area contributed by atoms with Crippen molar-refractivity contribution in [2.45, 2.75) is 26.6 Å². The molecular formula is C16H17NO4. The Morgan fingerprint density at radius 1 is 1.24 bits per heavy atom. The fourth-order valence-electron chi connectivity index (χ4n) is 2.00. The predicted molar refractivity (Wildman–Crippen MR) is 79.2 cm³/mol. The van der Waals surface area contributed by atoms with E-state index in [0.29, 0.717) is 12.4 Å². The van der Waals surface area contributed by atoms with Gasteiger partial charge in [0.25, 0.3) is 5.69 Å². The molecule has 0 radical (unpaired) electrons. The number of non-ortho nitro benzene ring substituents is 1. The topological polar surface area (TPSA) is 72.6 Å². The van der Waals surface area contributed by atoms with Crippen molar-refractivity contribution in [3.8, 4) is 5.75 Å². The number of aliphatic hydroxyl groups is 1. The molecule has 21 heavy (non-hydrogen) atoms. The summed E-state index contributed by atoms with van der Waals surface area (Å²) in [5.74, 6) is 0.619. The Morgan fingerprint density at radius 2 is 1.90 bits per heavy atom. The molecule has 2 rings (SSSR count). The van der Waals surface area contributed by atoms with E-state index in [-0.39, 0.29) is 5.69 Å². The molecule has 0 aromatic heterocycles. The minimum Gasteiger partial charge on any atom is -0.489 e. The summed E-state index contributed by atoms with van der Waals surface area (Å²) in [7, 11) is 0. The monoisotopic (exact) mass is 287 g/mol. The van der Waals surface area contributed by atoms with Crippen LogP contribution in [0.1, 0.15) is 29.7 Å². The number of benzene rings is 2. The Labute approximate surface area is 123 Å². The van der Waals surface area contributed by atoms with Crippen LogP contribution in [0, 0.1) is 17.0 Å². The number of nitro groups is 1. The molecule has 5 nitrogen and oxygen atoms in total. The van der Waals surface area contributed by atoms with Crippen LogP contribution < -0.4 is 4.74 Å². The minimum absolute atomic E-state index is 0.0544. The van der Waals surface area contributed by atoms with E-state index in [2.05, 4.69) is 0 Å². The normalized spacial score (nSPS) is 12.0. The zero-order valence-electron chi connectivity index (χ0n) is 11.9. The van der Waals surface area contributed by atoms with Crippen LogP contribution in [-0.2, 0) is 6.61 Å². The van der Waals surface area contributed by atoms with E-state index in [1.54, 1.807) is 19.1 Å². The van der Waals surface area contributed by atoms with Crippen molar-refractivity contribution in [1.29, 1.82) is 0 Å². The van der Waals surface area contributed by atoms with Crippen molar-refractivity contribution in [2.24, 2.45) is 0 Å². The molecule has 1 atom stereocenters. The molecule has 0 aliphatic rings. The molecule has 1 N–H and O–H groups in total. The van der Waals surface area contributed by atoms with Gasteiger partial charge in [0, 0.05) is 17.7 Å². The lowest BCUT2D eigenvalue weighted by atomic mass is 10.1. The largest absolute Gasteiger partial charge is 0.489 e. The zero-order chi connectivity index (χ0) is 15.4. The number of aryl methyl sites for hydroxylation is 1. The molecule has 2 aromatic rings. The van der Waals surface area contributed by atoms with Crippen molar-refractivity contribution in [2.75, 3.05) is 0 Å². The number of aliphatic hydroxyl groups excluding tert-OH is 1. The van der Waals surface area contributed by atoms with Crippen LogP contribution in [0.5, 0.6) is 5.75 Å². The standard InChI is InChI=1S/C16H17NO4/c1-11-3-8-16(15(9-11)12(2)18)21-10-13-4-6-14(7-5-13)17(19)20/h3-9,12,18H,10H2,1-2H3/t12-/m1/s1. The maximum Gasteiger partial charge on any atom is 0.269 e. The lowest BCUT2D eigenvalue weighted by Crippen LogP contribution is -2.01. The Morgan fingerprint density at radius 3 is 2.48 bits per heavy atom. The van der Waals surface area contributed by atoms with Crippen LogP contribution in [0.4, 0.5) is 5.69 Å². The molecule has 0 saturated carbocycles. The van der Waals surface area contributed by atoms with Gasteiger partial charge in [-0.15, -0.1) is 0 Å². The molecule has 0 heterocycles. The van der Waals surface area contributed by atoms with E-state index in [1.807, 2.05) is 25.1 Å². The Bertz CT molecular complexity index is 635. The van der Waals surface area contributed by atoms with Gasteiger partial charge in [0.15, 0.2) is 0 Å². The highest BCUT2D eigenvalue weighted by Gasteiger charge is 2.10. The summed E-state index contributed by atoms with van der Waals surface area (Å²) in [6, 6.07) is 11.8. The molecular weight excluding hydrogens is 270 g/mol. The number of nitro benzene ring substituents is 1. The third-order valence-electron chi connectivity index (χ3n) is 3.16. The summed E-state index contributed by atoms with van der Waals surface area (Å²) < 4.78 is 5.71. The summed E-state index contributed by atoms with van der Waals surface area (Å²) >= 11 is 0. The number of hydrogen-bond acceptors (Lipinski definition) is 4. The summed E-state index contributed by atoms with van der Waals surface area (Å²) in [4.78, 5) is 10.2. The molecule has 110 valence electrons. The third kappa shape index (κ3) is 3.79. The summed E-state index contributed by atoms with van der Waals surface area (Å²) in [5.41, 5.74) is 2.67. The summed E-state index contributed by atoms with van der Waals surface area (Å²) in [6.45, 7) is 3.93. The second-order valence-electron chi connectivity index (χ2n) is 4.93. The summed E-state index contributed by atoms with van der Waals surface area (Å²) in [5, 5.41) is 20.4. The van der Waals surface area contributed by atoms with E-state index in [0.717, 1.165) is 16.7 Å². The maximum atomic E-state index is 10.6. The van der Waals surface area contributed by atoms with Crippen LogP contribution in [0.25, 0.3) is 0 Å². The molecule has 0 bridgehead atoms. The molecule has 0 saturated heterocycles. The zero-order valence-corrected chi connectivity index (χ0v) is 11.9. The molecule has 0 fully saturated rings. The molecule has 0 amide bonds. The molecule has 0 unspecified atom stereocenters. The van der Waals surface area contributed by atoms with Crippen LogP contribution >= 0.6 is 0 Å². The van der Waals surface area contributed by atoms with Gasteiger partial charge in [-0.3, -0.25) is 10.1 Å². The Hall–Kier alpha value is -2.40. The van der Waals surface area contributed by atoms with Crippen LogP contribution in [0.3, 0.4) is 0 Å². The first-order valence-electron chi connectivity index (χ1n) is 6.62. The van der Waals surface area contributed by atoms with Gasteiger partial charge < -0.3 is 9.84 Å². The first-order chi connectivity index (χ1) is 9.97. The van der Waals surface area contributed by atoms with E-state index in [4.69, 9.17) is 4.74 Å². The lowest BCUT2D eigenvalue weighted by Gasteiger charge is -2.14. The lowest BCUT2D eigenvalue weighted by molar-refractivity contribution is -0.384. The van der Waals surface area contributed by atoms with Gasteiger partial charge in [0.1, 0.15) is 12.4 Å². The number of hydrogen-bond donors (Lipinski definition) is 1. The first kappa shape index (κ1) is 15.0. The Kier molecular flexibility index (Phi) is 4.55. The van der Waals surface area contributed by atoms with Crippen LogP contribution in [0.15, 0.2) is 42.5 Å². The van der Waals surface area contributed by atoms with Gasteiger partial charge in [0.2, 0.25) is 0 Å². The average molecular weight is 287 g/mol. The van der Waals surface area contributed by atoms with Crippen molar-refractivity contribution >= 4 is 5.69 Å². The van der Waals surface area contributed by atoms with E-state index in [1.165, 1.54) is 12.1 Å². The van der Waals surface area contributed by atoms with Crippen molar-refractivity contribution in [3.63, 3.8) is 0 Å². The quantitative estimate of drug-likeness (QED) is 0.674. The maximum absolute atomic E-state index is 10.6. The predicted octanol–water partition coefficient (Wildman–Crippen LogP) is 3.54. The van der Waals surface area contributed by atoms with Crippen LogP contribution in [-0.4, -0.2) is 10.0 Å². The molecule has 0 aliphatic heterocycles. The summed E-state index contributed by atoms with van der Waals surface area (Å²) in [6.07, 6.45) is -0.614. The third-order valence-corrected chi connectivity index (χ3v) is 3.16. The van der Waals surface area contributed by atoms with Gasteiger partial charge in [-0.1, -0.05) is 11.6 Å². The van der Waals surface area contributed by atoms with Gasteiger partial charge in [0.05, 0.1) is 11.0 Å². The number of rotatable bonds is 5. The average Bonchev–Trinajstić information content (AvgIpc) is 2.46. The SMILES string of the molecule is Cc1ccc(OCc2ccc([N+](=O)[O-])cc2)c([C@@H](C)O)c1. The van der Waals surface area contributed by atoms with Crippen molar-refractivity contribution < 1.29 is 14.8 Å². The fourth-order valence-corrected chi connectivity index (χ4v) is 2.00. The first-order valence-corrected chi connectivity index (χ1v) is 6.62. The molecule has 0 spiro atoms. The van der Waals surface area contributed by atoms with Crippen LogP contribution in [0.2, 0.25) is 0 Å². The molecule has 2 aromatic carbocycles. The van der Waals surface area contributed by atoms with Crippen molar-refractivity contribution in [3.05, 3.63) is 69.3 Å². The fraction of sp³-hybridized carbons (Fsp3) is 0.250. The van der Waals surface area contributed by atoms with Gasteiger partial charge in [-0.05, 0) is 43.7 Å². The highest BCUT2D eigenvalue weighted by molar-refractivity contribution is 5.39. The van der Waals surface area contributed by atoms with Gasteiger partial charge in [-0.2, -0.15) is 0 Å². The minimum atomic E-state index is -0.614.